The highest BCUT2D eigenvalue weighted by atomic mass is 35.5. The van der Waals surface area contributed by atoms with Crippen LogP contribution in [0.1, 0.15) is 29.5 Å². The molecule has 1 saturated carbocycles. The minimum Gasteiger partial charge on any atom is -0.309 e. The molecule has 7 rings (SSSR count). The summed E-state index contributed by atoms with van der Waals surface area (Å²) >= 11 is 7.11. The van der Waals surface area contributed by atoms with Crippen LogP contribution in [0.25, 0.3) is 17.0 Å². The van der Waals surface area contributed by atoms with Crippen LogP contribution in [0.5, 0.6) is 0 Å². The van der Waals surface area contributed by atoms with Gasteiger partial charge in [0.25, 0.3) is 5.91 Å². The minimum atomic E-state index is -4.52. The molecule has 0 radical (unpaired) electrons. The van der Waals surface area contributed by atoms with E-state index in [0.717, 1.165) is 17.0 Å². The van der Waals surface area contributed by atoms with Gasteiger partial charge < -0.3 is 10.6 Å². The third-order valence-corrected chi connectivity index (χ3v) is 8.12. The minimum absolute atomic E-state index is 0.0304. The number of alkyl halides is 3. The van der Waals surface area contributed by atoms with Crippen LogP contribution in [0, 0.1) is 5.92 Å². The molecule has 4 heterocycles. The van der Waals surface area contributed by atoms with E-state index >= 15 is 0 Å². The normalized spacial score (nSPS) is 25.7. The Balaban J connectivity index is 1.19. The van der Waals surface area contributed by atoms with Crippen molar-refractivity contribution < 1.29 is 18.0 Å². The van der Waals surface area contributed by atoms with Crippen molar-refractivity contribution in [3.63, 3.8) is 0 Å². The summed E-state index contributed by atoms with van der Waals surface area (Å²) < 4.78 is 42.0. The molecule has 1 aromatic heterocycles. The van der Waals surface area contributed by atoms with Crippen molar-refractivity contribution in [2.45, 2.75) is 37.6 Å². The van der Waals surface area contributed by atoms with Gasteiger partial charge in [-0.25, -0.2) is 0 Å². The molecule has 2 N–H and O–H groups in total. The Morgan fingerprint density at radius 3 is 2.81 bits per heavy atom. The maximum Gasteiger partial charge on any atom is 0.416 e. The summed E-state index contributed by atoms with van der Waals surface area (Å²) in [4.78, 5) is 17.6. The Kier molecular flexibility index (Phi) is 5.85. The van der Waals surface area contributed by atoms with Crippen molar-refractivity contribution in [1.82, 2.24) is 20.4 Å². The maximum atomic E-state index is 13.5. The van der Waals surface area contributed by atoms with Gasteiger partial charge in [-0.3, -0.25) is 14.5 Å². The van der Waals surface area contributed by atoms with Crippen LogP contribution < -0.4 is 10.6 Å². The predicted octanol–water partition coefficient (Wildman–Crippen LogP) is 5.07. The Hall–Kier alpha value is -2.82. The summed E-state index contributed by atoms with van der Waals surface area (Å²) in [6.07, 6.45) is 1.32. The number of aliphatic imine (C=N–C) groups is 1. The number of carbonyl (C=O) groups excluding carboxylic acids is 1. The zero-order valence-electron chi connectivity index (χ0n) is 18.8. The fraction of sp³-hybridized carbons (Fsp3) is 0.320. The van der Waals surface area contributed by atoms with Crippen LogP contribution in [0.4, 0.5) is 13.2 Å². The monoisotopic (exact) mass is 531 g/mol. The van der Waals surface area contributed by atoms with Gasteiger partial charge in [0, 0.05) is 22.5 Å². The summed E-state index contributed by atoms with van der Waals surface area (Å²) in [6.45, 7) is 0.608. The Morgan fingerprint density at radius 2 is 2.06 bits per heavy atom. The lowest BCUT2D eigenvalue weighted by Gasteiger charge is -2.21. The zero-order valence-corrected chi connectivity index (χ0v) is 20.4. The summed E-state index contributed by atoms with van der Waals surface area (Å²) in [6, 6.07) is 10.3. The first kappa shape index (κ1) is 23.6. The Morgan fingerprint density at radius 1 is 1.22 bits per heavy atom. The van der Waals surface area contributed by atoms with E-state index in [4.69, 9.17) is 11.6 Å². The molecule has 3 aromatic rings. The average Bonchev–Trinajstić information content (AvgIpc) is 3.57. The van der Waals surface area contributed by atoms with Crippen LogP contribution >= 0.6 is 23.4 Å². The lowest BCUT2D eigenvalue weighted by Crippen LogP contribution is -2.27. The van der Waals surface area contributed by atoms with Crippen molar-refractivity contribution in [3.05, 3.63) is 69.2 Å². The lowest BCUT2D eigenvalue weighted by atomic mass is 9.83. The number of hydrogen-bond acceptors (Lipinski definition) is 5. The molecule has 1 aliphatic carbocycles. The second kappa shape index (κ2) is 8.93. The Bertz CT molecular complexity index is 1430. The second-order valence-corrected chi connectivity index (χ2v) is 10.8. The number of fused-ring (bicyclic) bond motifs is 2. The number of carbonyl (C=O) groups is 1. The van der Waals surface area contributed by atoms with E-state index in [1.807, 2.05) is 12.1 Å². The molecular weight excluding hydrogens is 511 g/mol. The van der Waals surface area contributed by atoms with Crippen molar-refractivity contribution in [2.24, 2.45) is 10.9 Å². The number of benzene rings is 2. The topological polar surface area (TPSA) is 71.3 Å². The number of hydrogen-bond donors (Lipinski definition) is 2. The van der Waals surface area contributed by atoms with E-state index in [0.29, 0.717) is 40.1 Å². The molecule has 2 bridgehead atoms. The molecule has 1 atom stereocenters. The quantitative estimate of drug-likeness (QED) is 0.451. The van der Waals surface area contributed by atoms with Gasteiger partial charge in [-0.2, -0.15) is 18.3 Å². The molecule has 4 aliphatic rings. The van der Waals surface area contributed by atoms with Crippen LogP contribution in [0.2, 0.25) is 5.02 Å². The number of amides is 1. The summed E-state index contributed by atoms with van der Waals surface area (Å²) in [5.41, 5.74) is 0.788. The number of rotatable bonds is 5. The number of nitrogens with one attached hydrogen (secondary N) is 2. The van der Waals surface area contributed by atoms with Gasteiger partial charge in [0.1, 0.15) is 0 Å². The van der Waals surface area contributed by atoms with Crippen LogP contribution in [-0.2, 0) is 17.5 Å². The second-order valence-electron chi connectivity index (χ2n) is 9.33. The summed E-state index contributed by atoms with van der Waals surface area (Å²) in [5, 5.41) is 12.1. The van der Waals surface area contributed by atoms with Gasteiger partial charge in [0.05, 0.1) is 35.3 Å². The molecule has 3 aliphatic heterocycles. The largest absolute Gasteiger partial charge is 0.416 e. The summed E-state index contributed by atoms with van der Waals surface area (Å²) in [7, 11) is 0. The zero-order chi connectivity index (χ0) is 25.0. The average molecular weight is 532 g/mol. The number of aromatic nitrogens is 2. The van der Waals surface area contributed by atoms with E-state index in [9.17, 15) is 18.0 Å². The fourth-order valence-electron chi connectivity index (χ4n) is 5.03. The number of amidine groups is 1. The third-order valence-electron chi connectivity index (χ3n) is 6.94. The first-order chi connectivity index (χ1) is 17.2. The van der Waals surface area contributed by atoms with Crippen molar-refractivity contribution in [2.75, 3.05) is 6.54 Å². The van der Waals surface area contributed by atoms with E-state index < -0.39 is 11.7 Å². The molecule has 3 saturated heterocycles. The Labute approximate surface area is 214 Å². The SMILES string of the molecule is O=C1NC(=NCC2NC3CC2C3)S/C1=C\c1ccc2c(cnn2Cc2ccc(Cl)cc2C(F)(F)F)c1. The van der Waals surface area contributed by atoms with Gasteiger partial charge in [0.15, 0.2) is 5.17 Å². The fourth-order valence-corrected chi connectivity index (χ4v) is 6.04. The van der Waals surface area contributed by atoms with Crippen LogP contribution in [-0.4, -0.2) is 39.5 Å². The van der Waals surface area contributed by atoms with Gasteiger partial charge >= 0.3 is 6.18 Å². The van der Waals surface area contributed by atoms with Crippen molar-refractivity contribution in [1.29, 1.82) is 0 Å². The highest BCUT2D eigenvalue weighted by Crippen LogP contribution is 2.38. The maximum absolute atomic E-state index is 13.5. The van der Waals surface area contributed by atoms with E-state index in [2.05, 4.69) is 20.7 Å². The smallest absolute Gasteiger partial charge is 0.309 e. The van der Waals surface area contributed by atoms with Gasteiger partial charge in [0.2, 0.25) is 0 Å². The highest BCUT2D eigenvalue weighted by molar-refractivity contribution is 8.18. The number of thioether (sulfide) groups is 1. The molecule has 36 heavy (non-hydrogen) atoms. The first-order valence-corrected chi connectivity index (χ1v) is 12.7. The number of halogens is 4. The molecular formula is C25H21ClF3N5OS. The van der Waals surface area contributed by atoms with Gasteiger partial charge in [-0.1, -0.05) is 23.7 Å². The van der Waals surface area contributed by atoms with Gasteiger partial charge in [-0.15, -0.1) is 0 Å². The highest BCUT2D eigenvalue weighted by Gasteiger charge is 2.43. The van der Waals surface area contributed by atoms with Crippen LogP contribution in [0.3, 0.4) is 0 Å². The van der Waals surface area contributed by atoms with E-state index in [1.165, 1.54) is 41.4 Å². The van der Waals surface area contributed by atoms with Crippen LogP contribution in [0.15, 0.2) is 52.5 Å². The molecule has 2 aromatic carbocycles. The molecule has 6 nitrogen and oxygen atoms in total. The molecule has 11 heteroatoms. The summed E-state index contributed by atoms with van der Waals surface area (Å²) in [5.74, 6) is 0.504. The number of nitrogens with zero attached hydrogens (tertiary/aromatic N) is 3. The third kappa shape index (κ3) is 4.53. The van der Waals surface area contributed by atoms with Gasteiger partial charge in [-0.05, 0) is 72.0 Å². The predicted molar refractivity (Wildman–Crippen MR) is 135 cm³/mol. The van der Waals surface area contributed by atoms with E-state index in [1.54, 1.807) is 18.3 Å². The lowest BCUT2D eigenvalue weighted by molar-refractivity contribution is -0.138. The van der Waals surface area contributed by atoms with E-state index in [-0.39, 0.29) is 23.0 Å². The molecule has 4 fully saturated rings. The molecule has 1 amide bonds. The molecule has 1 unspecified atom stereocenters. The van der Waals surface area contributed by atoms with Crippen molar-refractivity contribution in [3.8, 4) is 0 Å². The van der Waals surface area contributed by atoms with Crippen molar-refractivity contribution >= 4 is 51.4 Å². The molecule has 0 spiro atoms. The standard InChI is InChI=1S/C25H21ClF3N5OS/c26-17-3-2-14(19(9-17)25(27,28)29)12-34-21-4-1-13(5-16(21)10-31-34)6-22-23(35)33-24(36-22)30-11-20-15-7-18(8-15)32-20/h1-6,9-10,15,18,20,32H,7-8,11-12H2,(H,30,33,35)/b22-6-. The molecule has 186 valence electrons. The first-order valence-electron chi connectivity index (χ1n) is 11.6.